The van der Waals surface area contributed by atoms with Gasteiger partial charge in [-0.05, 0) is 37.1 Å². The lowest BCUT2D eigenvalue weighted by Gasteiger charge is -2.30. The van der Waals surface area contributed by atoms with Crippen LogP contribution in [0.25, 0.3) is 0 Å². The van der Waals surface area contributed by atoms with Gasteiger partial charge in [-0.2, -0.15) is 0 Å². The first kappa shape index (κ1) is 14.4. The van der Waals surface area contributed by atoms with E-state index in [1.807, 2.05) is 0 Å². The highest BCUT2D eigenvalue weighted by molar-refractivity contribution is 5.89. The van der Waals surface area contributed by atoms with Gasteiger partial charge in [-0.25, -0.2) is 4.79 Å². The summed E-state index contributed by atoms with van der Waals surface area (Å²) in [5.74, 6) is 1.05. The van der Waals surface area contributed by atoms with Crippen molar-refractivity contribution in [1.82, 2.24) is 4.90 Å². The Kier molecular flexibility index (Phi) is 4.61. The van der Waals surface area contributed by atoms with Crippen molar-refractivity contribution in [2.75, 3.05) is 19.5 Å². The average Bonchev–Trinajstić information content (AvgIpc) is 2.48. The first-order chi connectivity index (χ1) is 9.60. The fraction of sp³-hybridized carbons (Fsp3) is 0.467. The first-order valence-corrected chi connectivity index (χ1v) is 6.79. The summed E-state index contributed by atoms with van der Waals surface area (Å²) in [5.41, 5.74) is 0.731. The van der Waals surface area contributed by atoms with Gasteiger partial charge in [0.05, 0.1) is 7.11 Å². The lowest BCUT2D eigenvalue weighted by Crippen LogP contribution is -2.41. The molecule has 1 aliphatic carbocycles. The Morgan fingerprint density at radius 2 is 1.85 bits per heavy atom. The van der Waals surface area contributed by atoms with E-state index in [2.05, 4.69) is 5.32 Å². The van der Waals surface area contributed by atoms with Crippen molar-refractivity contribution in [3.63, 3.8) is 0 Å². The van der Waals surface area contributed by atoms with Gasteiger partial charge in [-0.1, -0.05) is 0 Å². The van der Waals surface area contributed by atoms with Crippen LogP contribution in [-0.2, 0) is 4.79 Å². The number of ether oxygens (including phenoxy) is 1. The Bertz CT molecular complexity index is 474. The van der Waals surface area contributed by atoms with E-state index in [-0.39, 0.29) is 12.1 Å². The van der Waals surface area contributed by atoms with Gasteiger partial charge in [0.2, 0.25) is 0 Å². The number of nitrogens with one attached hydrogen (secondary N) is 1. The minimum absolute atomic E-state index is 0.144. The third kappa shape index (κ3) is 3.50. The zero-order valence-corrected chi connectivity index (χ0v) is 11.9. The van der Waals surface area contributed by atoms with Crippen LogP contribution in [0.2, 0.25) is 0 Å². The third-order valence-corrected chi connectivity index (χ3v) is 3.72. The molecule has 108 valence electrons. The largest absolute Gasteiger partial charge is 0.497 e. The average molecular weight is 276 g/mol. The van der Waals surface area contributed by atoms with E-state index < -0.39 is 0 Å². The quantitative estimate of drug-likeness (QED) is 0.923. The molecule has 5 nitrogen and oxygen atoms in total. The molecule has 1 aromatic rings. The smallest absolute Gasteiger partial charge is 0.321 e. The van der Waals surface area contributed by atoms with Crippen molar-refractivity contribution in [3.05, 3.63) is 24.3 Å². The lowest BCUT2D eigenvalue weighted by atomic mass is 9.93. The molecule has 1 N–H and O–H groups in total. The van der Waals surface area contributed by atoms with Crippen LogP contribution in [-0.4, -0.2) is 36.9 Å². The second-order valence-corrected chi connectivity index (χ2v) is 5.04. The van der Waals surface area contributed by atoms with Gasteiger partial charge in [0.25, 0.3) is 0 Å². The Morgan fingerprint density at radius 1 is 1.25 bits per heavy atom. The predicted molar refractivity (Wildman–Crippen MR) is 77.0 cm³/mol. The van der Waals surface area contributed by atoms with Gasteiger partial charge in [-0.3, -0.25) is 4.79 Å². The summed E-state index contributed by atoms with van der Waals surface area (Å²) in [6.45, 7) is 0. The van der Waals surface area contributed by atoms with E-state index in [1.165, 1.54) is 0 Å². The van der Waals surface area contributed by atoms with Crippen molar-refractivity contribution in [3.8, 4) is 5.75 Å². The SMILES string of the molecule is COc1ccc(NC(=O)N(C)C2CCC(=O)CC2)cc1. The molecule has 0 unspecified atom stereocenters. The van der Waals surface area contributed by atoms with Crippen LogP contribution < -0.4 is 10.1 Å². The van der Waals surface area contributed by atoms with E-state index in [4.69, 9.17) is 4.74 Å². The van der Waals surface area contributed by atoms with Crippen LogP contribution in [0, 0.1) is 0 Å². The van der Waals surface area contributed by atoms with Gasteiger partial charge in [0, 0.05) is 31.6 Å². The van der Waals surface area contributed by atoms with E-state index in [9.17, 15) is 9.59 Å². The fourth-order valence-corrected chi connectivity index (χ4v) is 2.36. The second kappa shape index (κ2) is 6.41. The fourth-order valence-electron chi connectivity index (χ4n) is 2.36. The molecule has 0 atom stereocenters. The minimum Gasteiger partial charge on any atom is -0.497 e. The van der Waals surface area contributed by atoms with Gasteiger partial charge < -0.3 is 15.0 Å². The van der Waals surface area contributed by atoms with Crippen molar-refractivity contribution in [2.24, 2.45) is 0 Å². The molecule has 20 heavy (non-hydrogen) atoms. The van der Waals surface area contributed by atoms with Crippen molar-refractivity contribution >= 4 is 17.5 Å². The maximum atomic E-state index is 12.1. The monoisotopic (exact) mass is 276 g/mol. The maximum absolute atomic E-state index is 12.1. The van der Waals surface area contributed by atoms with E-state index >= 15 is 0 Å². The number of nitrogens with zero attached hydrogens (tertiary/aromatic N) is 1. The van der Waals surface area contributed by atoms with Gasteiger partial charge in [0.15, 0.2) is 0 Å². The number of urea groups is 1. The molecule has 1 saturated carbocycles. The normalized spacial score (nSPS) is 15.8. The number of rotatable bonds is 3. The lowest BCUT2D eigenvalue weighted by molar-refractivity contribution is -0.121. The number of Topliss-reactive ketones (excluding diaryl/α,β-unsaturated/α-hetero) is 1. The molecular weight excluding hydrogens is 256 g/mol. The number of benzene rings is 1. The number of carbonyl (C=O) groups is 2. The van der Waals surface area contributed by atoms with Crippen LogP contribution in [0.3, 0.4) is 0 Å². The number of methoxy groups -OCH3 is 1. The zero-order valence-electron chi connectivity index (χ0n) is 11.9. The molecule has 0 aliphatic heterocycles. The molecule has 2 amide bonds. The summed E-state index contributed by atoms with van der Waals surface area (Å²) in [7, 11) is 3.38. The van der Waals surface area contributed by atoms with E-state index in [1.54, 1.807) is 43.3 Å². The highest BCUT2D eigenvalue weighted by Crippen LogP contribution is 2.21. The van der Waals surface area contributed by atoms with Crippen molar-refractivity contribution in [2.45, 2.75) is 31.7 Å². The number of hydrogen-bond acceptors (Lipinski definition) is 3. The van der Waals surface area contributed by atoms with E-state index in [0.29, 0.717) is 18.6 Å². The summed E-state index contributed by atoms with van der Waals surface area (Å²) >= 11 is 0. The van der Waals surface area contributed by atoms with Crippen molar-refractivity contribution < 1.29 is 14.3 Å². The zero-order chi connectivity index (χ0) is 14.5. The molecule has 0 bridgehead atoms. The van der Waals surface area contributed by atoms with Crippen molar-refractivity contribution in [1.29, 1.82) is 0 Å². The number of carbonyl (C=O) groups excluding carboxylic acids is 2. The summed E-state index contributed by atoms with van der Waals surface area (Å²) in [5, 5.41) is 2.85. The molecule has 0 radical (unpaired) electrons. The van der Waals surface area contributed by atoms with Crippen LogP contribution in [0.5, 0.6) is 5.75 Å². The standard InChI is InChI=1S/C15H20N2O3/c1-17(12-5-7-13(18)8-6-12)15(19)16-11-3-9-14(20-2)10-4-11/h3-4,9-10,12H,5-8H2,1-2H3,(H,16,19). The Morgan fingerprint density at radius 3 is 2.40 bits per heavy atom. The second-order valence-electron chi connectivity index (χ2n) is 5.04. The molecule has 0 heterocycles. The molecule has 5 heteroatoms. The Hall–Kier alpha value is -2.04. The van der Waals surface area contributed by atoms with Crippen LogP contribution in [0.4, 0.5) is 10.5 Å². The summed E-state index contributed by atoms with van der Waals surface area (Å²) < 4.78 is 5.07. The highest BCUT2D eigenvalue weighted by Gasteiger charge is 2.25. The number of amides is 2. The van der Waals surface area contributed by atoms with Gasteiger partial charge in [0.1, 0.15) is 11.5 Å². The predicted octanol–water partition coefficient (Wildman–Crippen LogP) is 2.67. The molecule has 0 aromatic heterocycles. The Labute approximate surface area is 118 Å². The molecule has 0 saturated heterocycles. The molecule has 0 spiro atoms. The van der Waals surface area contributed by atoms with Gasteiger partial charge >= 0.3 is 6.03 Å². The number of ketones is 1. The van der Waals surface area contributed by atoms with Crippen LogP contribution in [0.1, 0.15) is 25.7 Å². The summed E-state index contributed by atoms with van der Waals surface area (Å²) in [6, 6.07) is 7.20. The van der Waals surface area contributed by atoms with E-state index in [0.717, 1.165) is 24.3 Å². The van der Waals surface area contributed by atoms with Gasteiger partial charge in [-0.15, -0.1) is 0 Å². The molecule has 1 aliphatic rings. The Balaban J connectivity index is 1.91. The number of anilines is 1. The van der Waals surface area contributed by atoms with Crippen LogP contribution in [0.15, 0.2) is 24.3 Å². The molecular formula is C15H20N2O3. The topological polar surface area (TPSA) is 58.6 Å². The molecule has 1 fully saturated rings. The maximum Gasteiger partial charge on any atom is 0.321 e. The minimum atomic E-state index is -0.144. The number of hydrogen-bond donors (Lipinski definition) is 1. The summed E-state index contributed by atoms with van der Waals surface area (Å²) in [4.78, 5) is 25.1. The molecule has 1 aromatic carbocycles. The third-order valence-electron chi connectivity index (χ3n) is 3.72. The molecule has 2 rings (SSSR count). The summed E-state index contributed by atoms with van der Waals surface area (Å²) in [6.07, 6.45) is 2.66. The van der Waals surface area contributed by atoms with Crippen LogP contribution >= 0.6 is 0 Å². The highest BCUT2D eigenvalue weighted by atomic mass is 16.5. The first-order valence-electron chi connectivity index (χ1n) is 6.79.